The highest BCUT2D eigenvalue weighted by atomic mass is 32.1. The molecule has 1 aromatic carbocycles. The van der Waals surface area contributed by atoms with Crippen molar-refractivity contribution < 1.29 is 49.5 Å². The first-order valence-electron chi connectivity index (χ1n) is 10.7. The Kier molecular flexibility index (Phi) is 38.4. The zero-order chi connectivity index (χ0) is 31.1. The predicted molar refractivity (Wildman–Crippen MR) is 145 cm³/mol. The Morgan fingerprint density at radius 2 is 1.21 bits per heavy atom. The molecule has 0 saturated heterocycles. The van der Waals surface area contributed by atoms with Crippen molar-refractivity contribution >= 4 is 47.2 Å². The number of thiocarbonyl (C=S) groups is 1. The number of hydrogen-bond donors (Lipinski definition) is 7. The molecule has 0 amide bonds. The molecule has 1 aromatic rings. The number of isothiocyanates is 1. The molecule has 1 rings (SSSR count). The van der Waals surface area contributed by atoms with Crippen molar-refractivity contribution in [2.45, 2.75) is 54.1 Å². The highest BCUT2D eigenvalue weighted by Crippen LogP contribution is 2.05. The molecule has 8 N–H and O–H groups in total. The second-order valence-electron chi connectivity index (χ2n) is 6.76. The molecule has 0 heterocycles. The first-order chi connectivity index (χ1) is 17.4. The molecule has 0 aliphatic heterocycles. The van der Waals surface area contributed by atoms with E-state index in [1.54, 1.807) is 0 Å². The van der Waals surface area contributed by atoms with Gasteiger partial charge in [-0.05, 0) is 24.7 Å². The Morgan fingerprint density at radius 3 is 1.50 bits per heavy atom. The SMILES string of the molecule is CC(=O)O.CC(=O)O.CC(=O)O.CC(=O)O.CC(=O)O.CC(CN(Cc1ccccc1)N=C=S)NCCN. The molecule has 0 radical (unpaired) electrons. The van der Waals surface area contributed by atoms with E-state index in [2.05, 4.69) is 46.9 Å². The summed E-state index contributed by atoms with van der Waals surface area (Å²) in [5.41, 5.74) is 6.67. The Hall–Kier alpha value is -3.91. The van der Waals surface area contributed by atoms with Gasteiger partial charge in [-0.2, -0.15) is 0 Å². The minimum Gasteiger partial charge on any atom is -0.481 e. The van der Waals surface area contributed by atoms with Gasteiger partial charge in [0.2, 0.25) is 0 Å². The third-order valence-corrected chi connectivity index (χ3v) is 2.59. The fourth-order valence-corrected chi connectivity index (χ4v) is 1.82. The number of nitrogens with one attached hydrogen (secondary N) is 1. The van der Waals surface area contributed by atoms with Crippen LogP contribution in [0.25, 0.3) is 0 Å². The normalized spacial score (nSPS) is 8.82. The molecular formula is C23H40N4O10S. The standard InChI is InChI=1S/C13H20N4S.5C2H4O2/c1-12(15-8-7-14)9-17(16-11-18)10-13-5-3-2-4-6-13;5*1-2(3)4/h2-6,12,15H,7-10,14H2,1H3;5*1H3,(H,3,4). The Labute approximate surface area is 227 Å². The number of rotatable bonds is 8. The van der Waals surface area contributed by atoms with Crippen molar-refractivity contribution in [3.63, 3.8) is 0 Å². The Morgan fingerprint density at radius 1 is 0.868 bits per heavy atom. The van der Waals surface area contributed by atoms with E-state index >= 15 is 0 Å². The zero-order valence-corrected chi connectivity index (χ0v) is 23.3. The lowest BCUT2D eigenvalue weighted by atomic mass is 10.2. The van der Waals surface area contributed by atoms with Crippen LogP contribution in [0.2, 0.25) is 0 Å². The van der Waals surface area contributed by atoms with E-state index in [4.69, 9.17) is 55.2 Å². The van der Waals surface area contributed by atoms with Gasteiger partial charge in [0.1, 0.15) is 0 Å². The first kappa shape index (κ1) is 44.1. The topological polar surface area (TPSA) is 240 Å². The van der Waals surface area contributed by atoms with E-state index in [0.29, 0.717) is 12.6 Å². The fourth-order valence-electron chi connectivity index (χ4n) is 1.70. The number of benzene rings is 1. The molecule has 1 unspecified atom stereocenters. The number of carboxylic acids is 5. The molecule has 218 valence electrons. The molecular weight excluding hydrogens is 524 g/mol. The van der Waals surface area contributed by atoms with E-state index in [-0.39, 0.29) is 0 Å². The number of nitrogens with zero attached hydrogens (tertiary/aromatic N) is 2. The fraction of sp³-hybridized carbons (Fsp3) is 0.478. The number of hydrazone groups is 1. The number of carbonyl (C=O) groups is 5. The number of aliphatic carboxylic acids is 5. The number of carboxylic acid groups (broad SMARTS) is 5. The van der Waals surface area contributed by atoms with Crippen LogP contribution in [0.3, 0.4) is 0 Å². The van der Waals surface area contributed by atoms with Crippen molar-refractivity contribution in [3.05, 3.63) is 35.9 Å². The molecule has 14 nitrogen and oxygen atoms in total. The molecule has 0 aliphatic rings. The monoisotopic (exact) mass is 564 g/mol. The molecule has 38 heavy (non-hydrogen) atoms. The van der Waals surface area contributed by atoms with Gasteiger partial charge in [0.15, 0.2) is 0 Å². The average Bonchev–Trinajstić information content (AvgIpc) is 2.71. The molecule has 0 fully saturated rings. The highest BCUT2D eigenvalue weighted by molar-refractivity contribution is 7.78. The number of nitrogens with two attached hydrogens (primary N) is 1. The minimum atomic E-state index is -0.833. The zero-order valence-electron chi connectivity index (χ0n) is 22.4. The largest absolute Gasteiger partial charge is 0.481 e. The summed E-state index contributed by atoms with van der Waals surface area (Å²) < 4.78 is 0. The van der Waals surface area contributed by atoms with Crippen LogP contribution in [0.5, 0.6) is 0 Å². The van der Waals surface area contributed by atoms with Crippen LogP contribution in [0, 0.1) is 0 Å². The summed E-state index contributed by atoms with van der Waals surface area (Å²) in [5.74, 6) is -4.17. The van der Waals surface area contributed by atoms with Gasteiger partial charge in [-0.1, -0.05) is 30.3 Å². The molecule has 15 heteroatoms. The number of hydrogen-bond acceptors (Lipinski definition) is 10. The summed E-state index contributed by atoms with van der Waals surface area (Å²) in [4.78, 5) is 45.0. The van der Waals surface area contributed by atoms with E-state index in [9.17, 15) is 0 Å². The van der Waals surface area contributed by atoms with Crippen molar-refractivity contribution in [2.75, 3.05) is 19.6 Å². The second-order valence-corrected chi connectivity index (χ2v) is 6.95. The van der Waals surface area contributed by atoms with Crippen LogP contribution in [0.15, 0.2) is 35.4 Å². The summed E-state index contributed by atoms with van der Waals surface area (Å²) in [7, 11) is 0. The lowest BCUT2D eigenvalue weighted by molar-refractivity contribution is -0.135. The van der Waals surface area contributed by atoms with E-state index < -0.39 is 29.8 Å². The van der Waals surface area contributed by atoms with Crippen LogP contribution in [0.4, 0.5) is 0 Å². The first-order valence-corrected chi connectivity index (χ1v) is 11.1. The maximum atomic E-state index is 9.00. The molecule has 0 bridgehead atoms. The third kappa shape index (κ3) is 85.1. The van der Waals surface area contributed by atoms with Gasteiger partial charge in [-0.25, -0.2) is 0 Å². The van der Waals surface area contributed by atoms with Crippen LogP contribution >= 0.6 is 12.2 Å². The summed E-state index contributed by atoms with van der Waals surface area (Å²) in [6.07, 6.45) is 0. The minimum absolute atomic E-state index is 0.310. The average molecular weight is 565 g/mol. The van der Waals surface area contributed by atoms with Gasteiger partial charge in [-0.3, -0.25) is 29.0 Å². The van der Waals surface area contributed by atoms with Crippen LogP contribution in [-0.4, -0.2) is 91.2 Å². The molecule has 0 aromatic heterocycles. The second kappa shape index (κ2) is 33.1. The smallest absolute Gasteiger partial charge is 0.300 e. The summed E-state index contributed by atoms with van der Waals surface area (Å²) in [6.45, 7) is 10.5. The molecule has 1 atom stereocenters. The molecule has 0 spiro atoms. The maximum absolute atomic E-state index is 9.00. The van der Waals surface area contributed by atoms with E-state index in [1.807, 2.05) is 23.2 Å². The quantitative estimate of drug-likeness (QED) is 0.135. The van der Waals surface area contributed by atoms with Crippen molar-refractivity contribution in [1.29, 1.82) is 0 Å². The van der Waals surface area contributed by atoms with Gasteiger partial charge in [0.05, 0.1) is 18.3 Å². The lowest BCUT2D eigenvalue weighted by Gasteiger charge is -2.22. The molecule has 0 saturated carbocycles. The highest BCUT2D eigenvalue weighted by Gasteiger charge is 2.08. The Balaban J connectivity index is -0.000000148. The van der Waals surface area contributed by atoms with Gasteiger partial charge in [0.25, 0.3) is 29.8 Å². The van der Waals surface area contributed by atoms with Gasteiger partial charge >= 0.3 is 0 Å². The van der Waals surface area contributed by atoms with Crippen LogP contribution in [0.1, 0.15) is 47.1 Å². The summed E-state index contributed by atoms with van der Waals surface area (Å²) >= 11 is 4.69. The van der Waals surface area contributed by atoms with Crippen LogP contribution in [-0.2, 0) is 30.5 Å². The van der Waals surface area contributed by atoms with Crippen molar-refractivity contribution in [1.82, 2.24) is 10.3 Å². The van der Waals surface area contributed by atoms with Gasteiger partial charge in [0, 0.05) is 53.8 Å². The van der Waals surface area contributed by atoms with Crippen LogP contribution < -0.4 is 11.1 Å². The molecule has 0 aliphatic carbocycles. The van der Waals surface area contributed by atoms with E-state index in [0.717, 1.165) is 54.3 Å². The summed E-state index contributed by atoms with van der Waals surface area (Å²) in [6, 6.07) is 10.5. The van der Waals surface area contributed by atoms with Gasteiger partial charge in [-0.15, -0.1) is 5.10 Å². The van der Waals surface area contributed by atoms with Crippen molar-refractivity contribution in [3.8, 4) is 0 Å². The predicted octanol–water partition coefficient (Wildman–Crippen LogP) is 1.90. The third-order valence-electron chi connectivity index (χ3n) is 2.51. The maximum Gasteiger partial charge on any atom is 0.300 e. The Bertz CT molecular complexity index is 730. The van der Waals surface area contributed by atoms with E-state index in [1.165, 1.54) is 5.56 Å². The van der Waals surface area contributed by atoms with Gasteiger partial charge < -0.3 is 36.6 Å². The summed E-state index contributed by atoms with van der Waals surface area (Å²) in [5, 5.41) is 48.8. The van der Waals surface area contributed by atoms with Crippen molar-refractivity contribution in [2.24, 2.45) is 10.8 Å². The lowest BCUT2D eigenvalue weighted by Crippen LogP contribution is -2.39.